The standard InChI is InChI=1S/C30H16N2O10S/c33-25-21-11-1-15(29(37)38)13-23(21)27(35)31(25)17-3-7-19(8-4-17)43(41,42)20-9-5-18(6-10-20)32-26(34)22-12-2-16(30(39)40)14-24(22)28(32)36/h1-14H,(H,37,38)(H,39,40). The number of rotatable bonds is 6. The smallest absolute Gasteiger partial charge is 0.335 e. The summed E-state index contributed by atoms with van der Waals surface area (Å²) >= 11 is 0. The predicted molar refractivity (Wildman–Crippen MR) is 147 cm³/mol. The lowest BCUT2D eigenvalue weighted by Crippen LogP contribution is -2.29. The molecule has 43 heavy (non-hydrogen) atoms. The molecule has 0 aromatic heterocycles. The van der Waals surface area contributed by atoms with E-state index in [-0.39, 0.29) is 54.5 Å². The van der Waals surface area contributed by atoms with Crippen LogP contribution in [0.1, 0.15) is 62.1 Å². The summed E-state index contributed by atoms with van der Waals surface area (Å²) in [6.07, 6.45) is 0. The second-order valence-corrected chi connectivity index (χ2v) is 11.5. The summed E-state index contributed by atoms with van der Waals surface area (Å²) in [6, 6.07) is 17.0. The number of nitrogens with zero attached hydrogens (tertiary/aromatic N) is 2. The zero-order chi connectivity index (χ0) is 30.8. The fourth-order valence-corrected chi connectivity index (χ4v) is 6.16. The van der Waals surface area contributed by atoms with Gasteiger partial charge in [0.05, 0.1) is 54.5 Å². The van der Waals surface area contributed by atoms with E-state index in [1.54, 1.807) is 0 Å². The van der Waals surface area contributed by atoms with Gasteiger partial charge in [0.2, 0.25) is 9.84 Å². The Morgan fingerprint density at radius 3 is 1.14 bits per heavy atom. The van der Waals surface area contributed by atoms with Crippen LogP contribution in [0.15, 0.2) is 94.7 Å². The molecule has 2 heterocycles. The van der Waals surface area contributed by atoms with Crippen molar-refractivity contribution < 1.29 is 47.4 Å². The van der Waals surface area contributed by atoms with Crippen molar-refractivity contribution in [1.82, 2.24) is 0 Å². The second-order valence-electron chi connectivity index (χ2n) is 9.51. The Hall–Kier alpha value is -5.95. The van der Waals surface area contributed by atoms with Crippen LogP contribution in [0.2, 0.25) is 0 Å². The Morgan fingerprint density at radius 1 is 0.488 bits per heavy atom. The lowest BCUT2D eigenvalue weighted by atomic mass is 10.1. The molecule has 4 aromatic rings. The Morgan fingerprint density at radius 2 is 0.814 bits per heavy atom. The summed E-state index contributed by atoms with van der Waals surface area (Å²) in [6.45, 7) is 0. The number of carbonyl (C=O) groups excluding carboxylic acids is 4. The van der Waals surface area contributed by atoms with Gasteiger partial charge in [-0.1, -0.05) is 0 Å². The minimum Gasteiger partial charge on any atom is -0.478 e. The van der Waals surface area contributed by atoms with Gasteiger partial charge in [-0.2, -0.15) is 0 Å². The van der Waals surface area contributed by atoms with E-state index in [1.807, 2.05) is 0 Å². The zero-order valence-electron chi connectivity index (χ0n) is 21.5. The van der Waals surface area contributed by atoms with Crippen LogP contribution < -0.4 is 9.80 Å². The summed E-state index contributed by atoms with van der Waals surface area (Å²) in [5.41, 5.74) is -0.291. The van der Waals surface area contributed by atoms with Crippen molar-refractivity contribution in [3.63, 3.8) is 0 Å². The first-order valence-electron chi connectivity index (χ1n) is 12.4. The highest BCUT2D eigenvalue weighted by Crippen LogP contribution is 2.33. The molecular weight excluding hydrogens is 580 g/mol. The summed E-state index contributed by atoms with van der Waals surface area (Å²) in [4.78, 5) is 75.4. The van der Waals surface area contributed by atoms with Crippen molar-refractivity contribution in [3.8, 4) is 0 Å². The number of hydrogen-bond donors (Lipinski definition) is 2. The van der Waals surface area contributed by atoms with E-state index in [0.717, 1.165) is 21.9 Å². The van der Waals surface area contributed by atoms with Crippen LogP contribution in [-0.2, 0) is 9.84 Å². The average Bonchev–Trinajstić information content (AvgIpc) is 3.40. The SMILES string of the molecule is O=C(O)c1ccc2c(c1)C(=O)N(c1ccc(S(=O)(=O)c3ccc(N4C(=O)c5ccc(C(=O)O)cc5C4=O)cc3)cc1)C2=O. The maximum Gasteiger partial charge on any atom is 0.335 e. The molecule has 4 amide bonds. The molecule has 0 saturated carbocycles. The van der Waals surface area contributed by atoms with Gasteiger partial charge >= 0.3 is 11.9 Å². The van der Waals surface area contributed by atoms with Crippen molar-refractivity contribution in [3.05, 3.63) is 118 Å². The fraction of sp³-hybridized carbons (Fsp3) is 0. The second kappa shape index (κ2) is 9.56. The molecular formula is C30H16N2O10S. The van der Waals surface area contributed by atoms with Crippen molar-refractivity contribution in [2.45, 2.75) is 9.79 Å². The molecule has 2 aliphatic rings. The maximum absolute atomic E-state index is 13.3. The maximum atomic E-state index is 13.3. The number of benzene rings is 4. The van der Waals surface area contributed by atoms with Crippen LogP contribution in [0, 0.1) is 0 Å². The molecule has 0 atom stereocenters. The Kier molecular flexibility index (Phi) is 6.06. The number of carboxylic acid groups (broad SMARTS) is 2. The minimum absolute atomic E-state index is 0.0205. The Bertz CT molecular complexity index is 1920. The molecule has 0 unspecified atom stereocenters. The lowest BCUT2D eigenvalue weighted by Gasteiger charge is -2.15. The summed E-state index contributed by atoms with van der Waals surface area (Å²) in [5, 5.41) is 18.4. The molecule has 6 rings (SSSR count). The highest BCUT2D eigenvalue weighted by Gasteiger charge is 2.38. The number of sulfone groups is 1. The molecule has 0 spiro atoms. The number of anilines is 2. The van der Waals surface area contributed by atoms with E-state index < -0.39 is 45.4 Å². The van der Waals surface area contributed by atoms with Gasteiger partial charge in [-0.05, 0) is 84.9 Å². The van der Waals surface area contributed by atoms with Crippen molar-refractivity contribution >= 4 is 56.8 Å². The van der Waals surface area contributed by atoms with Crippen LogP contribution in [0.5, 0.6) is 0 Å². The fourth-order valence-electron chi connectivity index (χ4n) is 4.90. The number of amides is 4. The van der Waals surface area contributed by atoms with Crippen molar-refractivity contribution in [2.75, 3.05) is 9.80 Å². The summed E-state index contributed by atoms with van der Waals surface area (Å²) < 4.78 is 26.6. The molecule has 0 bridgehead atoms. The van der Waals surface area contributed by atoms with E-state index in [1.165, 1.54) is 72.8 Å². The third-order valence-corrected chi connectivity index (χ3v) is 8.86. The number of carbonyl (C=O) groups is 6. The molecule has 13 heteroatoms. The third-order valence-electron chi connectivity index (χ3n) is 7.08. The van der Waals surface area contributed by atoms with Gasteiger partial charge in [-0.15, -0.1) is 0 Å². The molecule has 0 aliphatic carbocycles. The molecule has 2 N–H and O–H groups in total. The van der Waals surface area contributed by atoms with E-state index >= 15 is 0 Å². The molecule has 212 valence electrons. The summed E-state index contributed by atoms with van der Waals surface area (Å²) in [7, 11) is -4.12. The van der Waals surface area contributed by atoms with Crippen LogP contribution >= 0.6 is 0 Å². The van der Waals surface area contributed by atoms with Crippen molar-refractivity contribution in [2.24, 2.45) is 0 Å². The molecule has 0 fully saturated rings. The molecule has 0 radical (unpaired) electrons. The number of aromatic carboxylic acids is 2. The lowest BCUT2D eigenvalue weighted by molar-refractivity contribution is 0.0686. The average molecular weight is 597 g/mol. The van der Waals surface area contributed by atoms with Crippen LogP contribution in [-0.4, -0.2) is 54.2 Å². The predicted octanol–water partition coefficient (Wildman–Crippen LogP) is 3.52. The molecule has 12 nitrogen and oxygen atoms in total. The quantitative estimate of drug-likeness (QED) is 0.312. The number of fused-ring (bicyclic) bond motifs is 2. The van der Waals surface area contributed by atoms with Crippen LogP contribution in [0.4, 0.5) is 11.4 Å². The van der Waals surface area contributed by atoms with Gasteiger partial charge in [0.15, 0.2) is 0 Å². The number of carboxylic acids is 2. The first-order valence-corrected chi connectivity index (χ1v) is 13.9. The van der Waals surface area contributed by atoms with Crippen LogP contribution in [0.25, 0.3) is 0 Å². The van der Waals surface area contributed by atoms with E-state index in [0.29, 0.717) is 0 Å². The molecule has 2 aliphatic heterocycles. The van der Waals surface area contributed by atoms with Gasteiger partial charge < -0.3 is 10.2 Å². The third kappa shape index (κ3) is 4.18. The summed E-state index contributed by atoms with van der Waals surface area (Å²) in [5.74, 6) is -5.39. The van der Waals surface area contributed by atoms with E-state index in [4.69, 9.17) is 0 Å². The monoisotopic (exact) mass is 596 g/mol. The van der Waals surface area contributed by atoms with Gasteiger partial charge in [0.1, 0.15) is 0 Å². The zero-order valence-corrected chi connectivity index (χ0v) is 22.4. The number of imide groups is 2. The molecule has 0 saturated heterocycles. The highest BCUT2D eigenvalue weighted by molar-refractivity contribution is 7.91. The van der Waals surface area contributed by atoms with Crippen LogP contribution in [0.3, 0.4) is 0 Å². The van der Waals surface area contributed by atoms with Gasteiger partial charge in [0.25, 0.3) is 23.6 Å². The van der Waals surface area contributed by atoms with E-state index in [2.05, 4.69) is 0 Å². The molecule has 4 aromatic carbocycles. The number of hydrogen-bond acceptors (Lipinski definition) is 8. The highest BCUT2D eigenvalue weighted by atomic mass is 32.2. The first kappa shape index (κ1) is 27.2. The largest absolute Gasteiger partial charge is 0.478 e. The van der Waals surface area contributed by atoms with Gasteiger partial charge in [-0.25, -0.2) is 27.8 Å². The first-order chi connectivity index (χ1) is 20.4. The Balaban J connectivity index is 1.24. The normalized spacial score (nSPS) is 14.2. The topological polar surface area (TPSA) is 183 Å². The minimum atomic E-state index is -4.12. The van der Waals surface area contributed by atoms with E-state index in [9.17, 15) is 47.4 Å². The Labute approximate surface area is 241 Å². The van der Waals surface area contributed by atoms with Gasteiger partial charge in [0, 0.05) is 0 Å². The van der Waals surface area contributed by atoms with Gasteiger partial charge in [-0.3, -0.25) is 19.2 Å². The van der Waals surface area contributed by atoms with Crippen molar-refractivity contribution in [1.29, 1.82) is 0 Å².